The summed E-state index contributed by atoms with van der Waals surface area (Å²) >= 11 is 2.58. The number of benzene rings is 1. The standard InChI is InChI=1S/C24H25N5O3S2/c1-6-8-32-22(31)21-16(5)25-23(34-21)26-19(30)7-9-33-24-28-27-18-12-14(3)17-11-13(2)10-15(4)20(17)29(18)24/h6,10-12H,1,7-9H2,2-5H3,(H,25,26,30). The number of hydrogen-bond acceptors (Lipinski definition) is 8. The SMILES string of the molecule is C=CCOC(=O)c1sc(NC(=O)CCSc2nnc3cc(C)c4cc(C)cc(C)c4n23)nc1C. The number of aryl methyl sites for hydroxylation is 4. The highest BCUT2D eigenvalue weighted by atomic mass is 32.2. The molecule has 4 rings (SSSR count). The Labute approximate surface area is 205 Å². The van der Waals surface area contributed by atoms with Crippen LogP contribution in [0.25, 0.3) is 16.6 Å². The zero-order valence-electron chi connectivity index (χ0n) is 19.5. The fraction of sp³-hybridized carbons (Fsp3) is 0.292. The third-order valence-electron chi connectivity index (χ3n) is 5.22. The van der Waals surface area contributed by atoms with Crippen molar-refractivity contribution in [1.29, 1.82) is 0 Å². The number of thiazole rings is 1. The molecule has 0 radical (unpaired) electrons. The number of ether oxygens (including phenoxy) is 1. The van der Waals surface area contributed by atoms with Gasteiger partial charge in [0.2, 0.25) is 5.91 Å². The van der Waals surface area contributed by atoms with E-state index < -0.39 is 5.97 Å². The van der Waals surface area contributed by atoms with Crippen molar-refractivity contribution in [3.05, 3.63) is 58.1 Å². The monoisotopic (exact) mass is 495 g/mol. The molecule has 4 aromatic rings. The topological polar surface area (TPSA) is 98.5 Å². The van der Waals surface area contributed by atoms with E-state index in [2.05, 4.69) is 64.4 Å². The van der Waals surface area contributed by atoms with E-state index in [1.807, 2.05) is 6.07 Å². The molecule has 0 aliphatic carbocycles. The maximum atomic E-state index is 12.5. The van der Waals surface area contributed by atoms with Gasteiger partial charge in [-0.05, 0) is 51.0 Å². The normalized spacial score (nSPS) is 11.2. The van der Waals surface area contributed by atoms with Gasteiger partial charge >= 0.3 is 5.97 Å². The smallest absolute Gasteiger partial charge is 0.350 e. The predicted molar refractivity (Wildman–Crippen MR) is 136 cm³/mol. The summed E-state index contributed by atoms with van der Waals surface area (Å²) in [5.74, 6) is -0.142. The molecule has 0 fully saturated rings. The van der Waals surface area contributed by atoms with Crippen LogP contribution in [-0.2, 0) is 9.53 Å². The van der Waals surface area contributed by atoms with Crippen molar-refractivity contribution < 1.29 is 14.3 Å². The highest BCUT2D eigenvalue weighted by molar-refractivity contribution is 7.99. The summed E-state index contributed by atoms with van der Waals surface area (Å²) in [6.07, 6.45) is 1.76. The van der Waals surface area contributed by atoms with E-state index in [9.17, 15) is 9.59 Å². The summed E-state index contributed by atoms with van der Waals surface area (Å²) in [4.78, 5) is 29.2. The number of rotatable bonds is 8. The van der Waals surface area contributed by atoms with Crippen molar-refractivity contribution in [2.75, 3.05) is 17.7 Å². The fourth-order valence-electron chi connectivity index (χ4n) is 3.76. The molecule has 0 bridgehead atoms. The highest BCUT2D eigenvalue weighted by Crippen LogP contribution is 2.29. The van der Waals surface area contributed by atoms with E-state index in [0.717, 1.165) is 38.8 Å². The number of amides is 1. The van der Waals surface area contributed by atoms with Crippen LogP contribution in [0.15, 0.2) is 36.0 Å². The number of fused-ring (bicyclic) bond motifs is 3. The van der Waals surface area contributed by atoms with Crippen LogP contribution >= 0.6 is 23.1 Å². The molecule has 3 heterocycles. The minimum atomic E-state index is -0.474. The van der Waals surface area contributed by atoms with E-state index >= 15 is 0 Å². The summed E-state index contributed by atoms with van der Waals surface area (Å²) in [5, 5.41) is 13.8. The first kappa shape index (κ1) is 23.9. The molecule has 0 aliphatic rings. The Balaban J connectivity index is 1.45. The lowest BCUT2D eigenvalue weighted by Gasteiger charge is -2.11. The molecule has 0 saturated carbocycles. The van der Waals surface area contributed by atoms with Gasteiger partial charge in [-0.25, -0.2) is 9.78 Å². The zero-order valence-corrected chi connectivity index (χ0v) is 21.1. The first-order chi connectivity index (χ1) is 16.3. The molecular weight excluding hydrogens is 470 g/mol. The molecule has 1 amide bonds. The van der Waals surface area contributed by atoms with Gasteiger partial charge in [0, 0.05) is 17.6 Å². The number of nitrogens with zero attached hydrogens (tertiary/aromatic N) is 4. The van der Waals surface area contributed by atoms with Crippen LogP contribution in [0.3, 0.4) is 0 Å². The Kier molecular flexibility index (Phi) is 6.99. The Morgan fingerprint density at radius 3 is 2.74 bits per heavy atom. The highest BCUT2D eigenvalue weighted by Gasteiger charge is 2.18. The summed E-state index contributed by atoms with van der Waals surface area (Å²) in [7, 11) is 0. The van der Waals surface area contributed by atoms with E-state index in [-0.39, 0.29) is 18.9 Å². The van der Waals surface area contributed by atoms with Crippen LogP contribution in [0.4, 0.5) is 5.13 Å². The average Bonchev–Trinajstić information content (AvgIpc) is 3.34. The second-order valence-electron chi connectivity index (χ2n) is 7.95. The number of pyridine rings is 1. The first-order valence-corrected chi connectivity index (χ1v) is 12.5. The lowest BCUT2D eigenvalue weighted by Crippen LogP contribution is -2.12. The van der Waals surface area contributed by atoms with Crippen molar-refractivity contribution in [2.24, 2.45) is 0 Å². The molecule has 0 unspecified atom stereocenters. The number of carbonyl (C=O) groups excluding carboxylic acids is 2. The number of hydrogen-bond donors (Lipinski definition) is 1. The van der Waals surface area contributed by atoms with Crippen molar-refractivity contribution in [1.82, 2.24) is 19.6 Å². The van der Waals surface area contributed by atoms with Crippen molar-refractivity contribution >= 4 is 56.7 Å². The van der Waals surface area contributed by atoms with E-state index in [1.54, 1.807) is 6.92 Å². The number of thioether (sulfide) groups is 1. The molecule has 0 spiro atoms. The van der Waals surface area contributed by atoms with Gasteiger partial charge in [-0.1, -0.05) is 47.4 Å². The van der Waals surface area contributed by atoms with Gasteiger partial charge in [0.05, 0.1) is 11.2 Å². The number of nitrogens with one attached hydrogen (secondary N) is 1. The van der Waals surface area contributed by atoms with E-state index in [1.165, 1.54) is 28.8 Å². The first-order valence-electron chi connectivity index (χ1n) is 10.7. The molecule has 1 aromatic carbocycles. The fourth-order valence-corrected chi connectivity index (χ4v) is 5.52. The molecule has 176 valence electrons. The van der Waals surface area contributed by atoms with Crippen molar-refractivity contribution in [3.63, 3.8) is 0 Å². The van der Waals surface area contributed by atoms with E-state index in [0.29, 0.717) is 21.5 Å². The number of anilines is 1. The molecule has 1 N–H and O–H groups in total. The maximum absolute atomic E-state index is 12.5. The molecule has 3 aromatic heterocycles. The lowest BCUT2D eigenvalue weighted by molar-refractivity contribution is -0.115. The van der Waals surface area contributed by atoms with Gasteiger partial charge in [-0.15, -0.1) is 10.2 Å². The zero-order chi connectivity index (χ0) is 24.4. The molecule has 10 heteroatoms. The van der Waals surface area contributed by atoms with Gasteiger partial charge in [0.15, 0.2) is 15.9 Å². The van der Waals surface area contributed by atoms with Crippen LogP contribution in [0, 0.1) is 27.7 Å². The Bertz CT molecular complexity index is 1420. The molecule has 0 aliphatic heterocycles. The Hall–Kier alpha value is -3.24. The van der Waals surface area contributed by atoms with Gasteiger partial charge in [-0.2, -0.15) is 0 Å². The number of carbonyl (C=O) groups is 2. The van der Waals surface area contributed by atoms with Gasteiger partial charge < -0.3 is 10.1 Å². The Morgan fingerprint density at radius 2 is 1.97 bits per heavy atom. The van der Waals surface area contributed by atoms with Gasteiger partial charge in [-0.3, -0.25) is 9.20 Å². The second kappa shape index (κ2) is 9.94. The van der Waals surface area contributed by atoms with Crippen LogP contribution in [0.2, 0.25) is 0 Å². The largest absolute Gasteiger partial charge is 0.457 e. The predicted octanol–water partition coefficient (Wildman–Crippen LogP) is 5.04. The molecular formula is C24H25N5O3S2. The van der Waals surface area contributed by atoms with Crippen molar-refractivity contribution in [2.45, 2.75) is 39.3 Å². The van der Waals surface area contributed by atoms with Crippen LogP contribution in [0.5, 0.6) is 0 Å². The van der Waals surface area contributed by atoms with Crippen LogP contribution < -0.4 is 5.32 Å². The summed E-state index contributed by atoms with van der Waals surface area (Å²) < 4.78 is 7.11. The summed E-state index contributed by atoms with van der Waals surface area (Å²) in [6, 6.07) is 6.37. The minimum absolute atomic E-state index is 0.125. The van der Waals surface area contributed by atoms with Gasteiger partial charge in [0.25, 0.3) is 0 Å². The molecule has 0 saturated heterocycles. The third-order valence-corrected chi connectivity index (χ3v) is 7.20. The molecule has 8 nitrogen and oxygen atoms in total. The second-order valence-corrected chi connectivity index (χ2v) is 10.0. The third kappa shape index (κ3) is 4.83. The van der Waals surface area contributed by atoms with Gasteiger partial charge in [0.1, 0.15) is 11.5 Å². The van der Waals surface area contributed by atoms with Crippen LogP contribution in [-0.4, -0.2) is 43.8 Å². The quantitative estimate of drug-likeness (QED) is 0.208. The van der Waals surface area contributed by atoms with Crippen molar-refractivity contribution in [3.8, 4) is 0 Å². The lowest BCUT2D eigenvalue weighted by atomic mass is 10.0. The van der Waals surface area contributed by atoms with E-state index in [4.69, 9.17) is 4.74 Å². The molecule has 0 atom stereocenters. The Morgan fingerprint density at radius 1 is 1.18 bits per heavy atom. The number of aromatic nitrogens is 4. The summed E-state index contributed by atoms with van der Waals surface area (Å²) in [6.45, 7) is 11.6. The number of esters is 1. The molecule has 34 heavy (non-hydrogen) atoms. The average molecular weight is 496 g/mol. The summed E-state index contributed by atoms with van der Waals surface area (Å²) in [5.41, 5.74) is 5.92. The van der Waals surface area contributed by atoms with Crippen LogP contribution in [0.1, 0.15) is 38.5 Å². The maximum Gasteiger partial charge on any atom is 0.350 e. The minimum Gasteiger partial charge on any atom is -0.457 e.